The molecule has 0 radical (unpaired) electrons. The first kappa shape index (κ1) is 30.9. The van der Waals surface area contributed by atoms with Crippen LogP contribution in [-0.4, -0.2) is 38.6 Å². The molecular weight excluding hydrogens is 504 g/mol. The van der Waals surface area contributed by atoms with Crippen molar-refractivity contribution < 1.29 is 28.1 Å². The van der Waals surface area contributed by atoms with Gasteiger partial charge in [0.25, 0.3) is 0 Å². The third kappa shape index (κ3) is 8.34. The molecule has 0 aliphatic rings. The molecule has 4 rings (SSSR count). The standard InChI is InChI=1S/C18H25N3O5.C8H9N3O.CH4/c1-17(2,3)24-15(22)21(16(23)25-18(4,5)6)10-11-7-8-13-12(9-11)14(19)20-26-13;9-4-5-1-2-7-6(3-5)8(10)11-12-7;/h7-9H,10H2,1-6H3,(H2,19,20);1-3H,4,9H2,(H2,10,11);1H4. The molecule has 0 spiro atoms. The number of carbonyl (C=O) groups is 2. The molecule has 12 nitrogen and oxygen atoms in total. The Kier molecular flexibility index (Phi) is 9.53. The second-order valence-electron chi connectivity index (χ2n) is 10.5. The fourth-order valence-electron chi connectivity index (χ4n) is 3.25. The first-order chi connectivity index (χ1) is 17.7. The monoisotopic (exact) mass is 542 g/mol. The van der Waals surface area contributed by atoms with Gasteiger partial charge in [0, 0.05) is 6.54 Å². The summed E-state index contributed by atoms with van der Waals surface area (Å²) in [5.74, 6) is 0.656. The average Bonchev–Trinajstić information content (AvgIpc) is 3.37. The zero-order chi connectivity index (χ0) is 28.3. The summed E-state index contributed by atoms with van der Waals surface area (Å²) in [7, 11) is 0. The topological polar surface area (TPSA) is 186 Å². The van der Waals surface area contributed by atoms with E-state index in [0.717, 1.165) is 15.8 Å². The highest BCUT2D eigenvalue weighted by atomic mass is 16.6. The number of fused-ring (bicyclic) bond motifs is 2. The smallest absolute Gasteiger partial charge is 0.420 e. The predicted molar refractivity (Wildman–Crippen MR) is 149 cm³/mol. The van der Waals surface area contributed by atoms with E-state index in [4.69, 9.17) is 35.7 Å². The van der Waals surface area contributed by atoms with Crippen molar-refractivity contribution in [3.63, 3.8) is 0 Å². The van der Waals surface area contributed by atoms with Crippen LogP contribution in [0, 0.1) is 0 Å². The molecule has 0 saturated heterocycles. The van der Waals surface area contributed by atoms with Crippen molar-refractivity contribution >= 4 is 45.8 Å². The van der Waals surface area contributed by atoms with Crippen LogP contribution in [0.4, 0.5) is 21.2 Å². The van der Waals surface area contributed by atoms with Crippen LogP contribution in [-0.2, 0) is 22.6 Å². The molecule has 12 heteroatoms. The quantitative estimate of drug-likeness (QED) is 0.293. The van der Waals surface area contributed by atoms with Gasteiger partial charge in [-0.25, -0.2) is 14.5 Å². The molecule has 2 amide bonds. The number of anilines is 2. The number of carbonyl (C=O) groups excluding carboxylic acids is 2. The molecule has 2 aromatic carbocycles. The minimum absolute atomic E-state index is 0. The predicted octanol–water partition coefficient (Wildman–Crippen LogP) is 5.59. The van der Waals surface area contributed by atoms with Gasteiger partial charge in [-0.2, -0.15) is 0 Å². The SMILES string of the molecule is C.CC(C)(C)OC(=O)N(Cc1ccc2onc(N)c2c1)C(=O)OC(C)(C)C.NCc1ccc2onc(N)c2c1. The van der Waals surface area contributed by atoms with Gasteiger partial charge in [-0.05, 0) is 76.9 Å². The van der Waals surface area contributed by atoms with Crippen LogP contribution in [0.2, 0.25) is 0 Å². The minimum atomic E-state index is -0.787. The molecule has 0 bridgehead atoms. The number of imide groups is 1. The van der Waals surface area contributed by atoms with Crippen molar-refractivity contribution in [2.24, 2.45) is 5.73 Å². The lowest BCUT2D eigenvalue weighted by Gasteiger charge is -2.28. The van der Waals surface area contributed by atoms with Crippen molar-refractivity contribution in [3.8, 4) is 0 Å². The summed E-state index contributed by atoms with van der Waals surface area (Å²) >= 11 is 0. The van der Waals surface area contributed by atoms with E-state index in [2.05, 4.69) is 10.3 Å². The van der Waals surface area contributed by atoms with Crippen LogP contribution in [0.3, 0.4) is 0 Å². The molecule has 212 valence electrons. The first-order valence-electron chi connectivity index (χ1n) is 11.9. The van der Waals surface area contributed by atoms with Gasteiger partial charge in [0.05, 0.1) is 17.3 Å². The Morgan fingerprint density at radius 2 is 1.21 bits per heavy atom. The van der Waals surface area contributed by atoms with Gasteiger partial charge in [-0.15, -0.1) is 0 Å². The third-order valence-corrected chi connectivity index (χ3v) is 4.93. The molecule has 0 aliphatic carbocycles. The van der Waals surface area contributed by atoms with Gasteiger partial charge in [0.1, 0.15) is 11.2 Å². The van der Waals surface area contributed by atoms with E-state index < -0.39 is 23.4 Å². The molecule has 39 heavy (non-hydrogen) atoms. The van der Waals surface area contributed by atoms with Crippen LogP contribution in [0.15, 0.2) is 45.4 Å². The van der Waals surface area contributed by atoms with E-state index in [-0.39, 0.29) is 19.8 Å². The zero-order valence-electron chi connectivity index (χ0n) is 22.4. The fraction of sp³-hybridized carbons (Fsp3) is 0.407. The Labute approximate surface area is 227 Å². The Morgan fingerprint density at radius 1 is 0.795 bits per heavy atom. The lowest BCUT2D eigenvalue weighted by Crippen LogP contribution is -2.43. The first-order valence-corrected chi connectivity index (χ1v) is 11.9. The Hall–Kier alpha value is -4.32. The van der Waals surface area contributed by atoms with Gasteiger partial charge in [-0.1, -0.05) is 29.9 Å². The summed E-state index contributed by atoms with van der Waals surface area (Å²) in [6.45, 7) is 10.8. The Balaban J connectivity index is 0.000000341. The van der Waals surface area contributed by atoms with E-state index in [0.29, 0.717) is 34.5 Å². The molecule has 0 fully saturated rings. The summed E-state index contributed by atoms with van der Waals surface area (Å²) in [5, 5.41) is 8.76. The van der Waals surface area contributed by atoms with Crippen LogP contribution in [0.25, 0.3) is 21.9 Å². The van der Waals surface area contributed by atoms with Gasteiger partial charge in [-0.3, -0.25) is 0 Å². The number of rotatable bonds is 3. The zero-order valence-corrected chi connectivity index (χ0v) is 22.4. The van der Waals surface area contributed by atoms with E-state index in [9.17, 15) is 9.59 Å². The summed E-state index contributed by atoms with van der Waals surface area (Å²) in [6.07, 6.45) is -1.57. The van der Waals surface area contributed by atoms with E-state index in [1.54, 1.807) is 59.7 Å². The molecule has 0 aliphatic heterocycles. The maximum Gasteiger partial charge on any atom is 0.420 e. The molecule has 4 aromatic rings. The highest BCUT2D eigenvalue weighted by Crippen LogP contribution is 2.24. The van der Waals surface area contributed by atoms with Crippen LogP contribution in [0.1, 0.15) is 60.1 Å². The number of nitrogens with zero attached hydrogens (tertiary/aromatic N) is 3. The van der Waals surface area contributed by atoms with Crippen LogP contribution < -0.4 is 17.2 Å². The van der Waals surface area contributed by atoms with Gasteiger partial charge < -0.3 is 35.7 Å². The Morgan fingerprint density at radius 3 is 1.62 bits per heavy atom. The summed E-state index contributed by atoms with van der Waals surface area (Å²) in [4.78, 5) is 26.0. The van der Waals surface area contributed by atoms with E-state index in [1.807, 2.05) is 18.2 Å². The second-order valence-corrected chi connectivity index (χ2v) is 10.5. The maximum absolute atomic E-state index is 12.5. The minimum Gasteiger partial charge on any atom is -0.443 e. The average molecular weight is 543 g/mol. The third-order valence-electron chi connectivity index (χ3n) is 4.93. The largest absolute Gasteiger partial charge is 0.443 e. The van der Waals surface area contributed by atoms with E-state index >= 15 is 0 Å². The van der Waals surface area contributed by atoms with Crippen molar-refractivity contribution in [2.75, 3.05) is 11.5 Å². The van der Waals surface area contributed by atoms with Crippen LogP contribution >= 0.6 is 0 Å². The fourth-order valence-corrected chi connectivity index (χ4v) is 3.25. The Bertz CT molecular complexity index is 1400. The van der Waals surface area contributed by atoms with Gasteiger partial charge in [0.2, 0.25) is 0 Å². The summed E-state index contributed by atoms with van der Waals surface area (Å²) in [5.41, 5.74) is 18.2. The number of hydrogen-bond acceptors (Lipinski definition) is 11. The number of amides is 2. The van der Waals surface area contributed by atoms with Gasteiger partial charge >= 0.3 is 12.2 Å². The highest BCUT2D eigenvalue weighted by Gasteiger charge is 2.31. The number of aromatic nitrogens is 2. The summed E-state index contributed by atoms with van der Waals surface area (Å²) < 4.78 is 20.7. The lowest BCUT2D eigenvalue weighted by atomic mass is 10.1. The lowest BCUT2D eigenvalue weighted by molar-refractivity contribution is -0.000245. The van der Waals surface area contributed by atoms with Crippen LogP contribution in [0.5, 0.6) is 0 Å². The number of nitrogen functional groups attached to an aromatic ring is 2. The van der Waals surface area contributed by atoms with Crippen molar-refractivity contribution in [1.29, 1.82) is 0 Å². The number of ether oxygens (including phenoxy) is 2. The molecule has 6 N–H and O–H groups in total. The molecule has 0 atom stereocenters. The maximum atomic E-state index is 12.5. The summed E-state index contributed by atoms with van der Waals surface area (Å²) in [6, 6.07) is 10.7. The second kappa shape index (κ2) is 12.0. The highest BCUT2D eigenvalue weighted by molar-refractivity contribution is 5.90. The number of benzene rings is 2. The van der Waals surface area contributed by atoms with E-state index in [1.165, 1.54) is 0 Å². The van der Waals surface area contributed by atoms with Gasteiger partial charge in [0.15, 0.2) is 22.8 Å². The number of nitrogens with two attached hydrogens (primary N) is 3. The molecular formula is C27H38N6O6. The molecule has 0 saturated carbocycles. The normalized spacial score (nSPS) is 11.4. The molecule has 2 heterocycles. The number of hydrogen-bond donors (Lipinski definition) is 3. The van der Waals surface area contributed by atoms with Crippen molar-refractivity contribution in [2.45, 2.75) is 73.3 Å². The molecule has 0 unspecified atom stereocenters. The molecule has 2 aromatic heterocycles. The van der Waals surface area contributed by atoms with Crippen molar-refractivity contribution in [3.05, 3.63) is 47.5 Å². The van der Waals surface area contributed by atoms with Crippen molar-refractivity contribution in [1.82, 2.24) is 15.2 Å².